The van der Waals surface area contributed by atoms with Crippen LogP contribution >= 0.6 is 0 Å². The Morgan fingerprint density at radius 2 is 2.22 bits per heavy atom. The van der Waals surface area contributed by atoms with Crippen LogP contribution in [0.25, 0.3) is 0 Å². The molecule has 0 bridgehead atoms. The Labute approximate surface area is 110 Å². The highest BCUT2D eigenvalue weighted by Gasteiger charge is 2.15. The summed E-state index contributed by atoms with van der Waals surface area (Å²) in [5.74, 6) is 2.71. The summed E-state index contributed by atoms with van der Waals surface area (Å²) in [4.78, 5) is 0. The minimum Gasteiger partial charge on any atom is -0.372 e. The van der Waals surface area contributed by atoms with Gasteiger partial charge >= 0.3 is 0 Å². The fraction of sp³-hybridized carbons (Fsp3) is 0.500. The fourth-order valence-electron chi connectivity index (χ4n) is 2.45. The van der Waals surface area contributed by atoms with Crippen LogP contribution < -0.4 is 5.32 Å². The Hall–Kier alpha value is -1.30. The van der Waals surface area contributed by atoms with Crippen LogP contribution in [0.2, 0.25) is 0 Å². The standard InChI is InChI=1S/C16H21NO/c1-3-5-6-7-16(17-4-2)13-8-9-14-11-18-12-15(14)10-13/h1,8-10,16-17H,4-7,11-12H2,2H3. The molecule has 0 amide bonds. The molecule has 96 valence electrons. The summed E-state index contributed by atoms with van der Waals surface area (Å²) < 4.78 is 5.46. The highest BCUT2D eigenvalue weighted by atomic mass is 16.5. The lowest BCUT2D eigenvalue weighted by Crippen LogP contribution is -2.21. The van der Waals surface area contributed by atoms with Crippen molar-refractivity contribution in [2.45, 2.75) is 45.4 Å². The van der Waals surface area contributed by atoms with Gasteiger partial charge in [0.15, 0.2) is 0 Å². The first-order valence-electron chi connectivity index (χ1n) is 6.71. The predicted octanol–water partition coefficient (Wildman–Crippen LogP) is 3.17. The van der Waals surface area contributed by atoms with E-state index in [-0.39, 0.29) is 0 Å². The van der Waals surface area contributed by atoms with Gasteiger partial charge in [0.1, 0.15) is 0 Å². The van der Waals surface area contributed by atoms with E-state index in [1.165, 1.54) is 16.7 Å². The number of terminal acetylenes is 1. The number of hydrogen-bond donors (Lipinski definition) is 1. The Morgan fingerprint density at radius 1 is 1.39 bits per heavy atom. The minimum atomic E-state index is 0.411. The molecule has 1 N–H and O–H groups in total. The molecule has 1 heterocycles. The van der Waals surface area contributed by atoms with Gasteiger partial charge in [0.05, 0.1) is 13.2 Å². The SMILES string of the molecule is C#CCCCC(NCC)c1ccc2c(c1)COC2. The molecule has 0 saturated carbocycles. The smallest absolute Gasteiger partial charge is 0.0725 e. The van der Waals surface area contributed by atoms with Crippen molar-refractivity contribution < 1.29 is 4.74 Å². The molecule has 2 nitrogen and oxygen atoms in total. The number of benzene rings is 1. The van der Waals surface area contributed by atoms with Crippen molar-refractivity contribution in [2.75, 3.05) is 6.54 Å². The zero-order chi connectivity index (χ0) is 12.8. The van der Waals surface area contributed by atoms with Crippen LogP contribution in [0.5, 0.6) is 0 Å². The first kappa shape index (κ1) is 13.1. The molecule has 0 aliphatic carbocycles. The van der Waals surface area contributed by atoms with E-state index in [2.05, 4.69) is 36.4 Å². The van der Waals surface area contributed by atoms with Gasteiger partial charge in [-0.2, -0.15) is 0 Å². The molecule has 1 aromatic rings. The average Bonchev–Trinajstić information content (AvgIpc) is 2.85. The van der Waals surface area contributed by atoms with E-state index in [1.807, 2.05) is 0 Å². The summed E-state index contributed by atoms with van der Waals surface area (Å²) in [5.41, 5.74) is 4.03. The summed E-state index contributed by atoms with van der Waals surface area (Å²) in [6.07, 6.45) is 8.34. The van der Waals surface area contributed by atoms with Crippen LogP contribution in [0.4, 0.5) is 0 Å². The maximum Gasteiger partial charge on any atom is 0.0725 e. The quantitative estimate of drug-likeness (QED) is 0.612. The van der Waals surface area contributed by atoms with Crippen molar-refractivity contribution >= 4 is 0 Å². The molecule has 1 aromatic carbocycles. The van der Waals surface area contributed by atoms with Gasteiger partial charge in [0.25, 0.3) is 0 Å². The van der Waals surface area contributed by atoms with Gasteiger partial charge in [-0.15, -0.1) is 12.3 Å². The zero-order valence-corrected chi connectivity index (χ0v) is 11.0. The molecule has 1 atom stereocenters. The number of unbranched alkanes of at least 4 members (excludes halogenated alkanes) is 1. The molecule has 0 radical (unpaired) electrons. The molecule has 0 fully saturated rings. The van der Waals surface area contributed by atoms with Gasteiger partial charge in [0, 0.05) is 12.5 Å². The molecule has 2 heteroatoms. The Morgan fingerprint density at radius 3 is 3.00 bits per heavy atom. The predicted molar refractivity (Wildman–Crippen MR) is 74.0 cm³/mol. The monoisotopic (exact) mass is 243 g/mol. The van der Waals surface area contributed by atoms with E-state index in [0.29, 0.717) is 6.04 Å². The summed E-state index contributed by atoms with van der Waals surface area (Å²) in [5, 5.41) is 3.54. The highest BCUT2D eigenvalue weighted by Crippen LogP contribution is 2.26. The molecular formula is C16H21NO. The lowest BCUT2D eigenvalue weighted by molar-refractivity contribution is 0.134. The van der Waals surface area contributed by atoms with Gasteiger partial charge < -0.3 is 10.1 Å². The van der Waals surface area contributed by atoms with Gasteiger partial charge in [-0.25, -0.2) is 0 Å². The second-order valence-corrected chi connectivity index (χ2v) is 4.73. The molecule has 0 spiro atoms. The first-order valence-corrected chi connectivity index (χ1v) is 6.71. The van der Waals surface area contributed by atoms with Crippen LogP contribution in [-0.2, 0) is 18.0 Å². The van der Waals surface area contributed by atoms with Crippen molar-refractivity contribution in [1.82, 2.24) is 5.32 Å². The number of ether oxygens (including phenoxy) is 1. The molecular weight excluding hydrogens is 222 g/mol. The molecule has 0 saturated heterocycles. The van der Waals surface area contributed by atoms with E-state index < -0.39 is 0 Å². The van der Waals surface area contributed by atoms with Crippen molar-refractivity contribution in [1.29, 1.82) is 0 Å². The maximum atomic E-state index is 5.46. The van der Waals surface area contributed by atoms with Gasteiger partial charge in [-0.1, -0.05) is 25.1 Å². The van der Waals surface area contributed by atoms with E-state index >= 15 is 0 Å². The van der Waals surface area contributed by atoms with E-state index in [9.17, 15) is 0 Å². The van der Waals surface area contributed by atoms with Crippen molar-refractivity contribution in [3.05, 3.63) is 34.9 Å². The Balaban J connectivity index is 2.07. The lowest BCUT2D eigenvalue weighted by atomic mass is 9.97. The summed E-state index contributed by atoms with van der Waals surface area (Å²) in [7, 11) is 0. The van der Waals surface area contributed by atoms with Crippen molar-refractivity contribution in [3.63, 3.8) is 0 Å². The van der Waals surface area contributed by atoms with Crippen molar-refractivity contribution in [3.8, 4) is 12.3 Å². The minimum absolute atomic E-state index is 0.411. The molecule has 1 aliphatic rings. The van der Waals surface area contributed by atoms with E-state index in [1.54, 1.807) is 0 Å². The van der Waals surface area contributed by atoms with Gasteiger partial charge in [-0.05, 0) is 36.1 Å². The molecule has 18 heavy (non-hydrogen) atoms. The van der Waals surface area contributed by atoms with E-state index in [0.717, 1.165) is 39.0 Å². The van der Waals surface area contributed by atoms with Crippen LogP contribution in [-0.4, -0.2) is 6.54 Å². The fourth-order valence-corrected chi connectivity index (χ4v) is 2.45. The number of hydrogen-bond acceptors (Lipinski definition) is 2. The van der Waals surface area contributed by atoms with Crippen molar-refractivity contribution in [2.24, 2.45) is 0 Å². The third-order valence-corrected chi connectivity index (χ3v) is 3.41. The number of rotatable bonds is 6. The lowest BCUT2D eigenvalue weighted by Gasteiger charge is -2.18. The normalized spacial score (nSPS) is 15.1. The van der Waals surface area contributed by atoms with E-state index in [4.69, 9.17) is 11.2 Å². The van der Waals surface area contributed by atoms with Crippen LogP contribution in [0, 0.1) is 12.3 Å². The topological polar surface area (TPSA) is 21.3 Å². The van der Waals surface area contributed by atoms with Crippen LogP contribution in [0.3, 0.4) is 0 Å². The largest absolute Gasteiger partial charge is 0.372 e. The summed E-state index contributed by atoms with van der Waals surface area (Å²) >= 11 is 0. The summed E-state index contributed by atoms with van der Waals surface area (Å²) in [6.45, 7) is 4.64. The first-order chi connectivity index (χ1) is 8.85. The number of nitrogens with one attached hydrogen (secondary N) is 1. The second kappa shape index (κ2) is 6.58. The van der Waals surface area contributed by atoms with Crippen LogP contribution in [0.1, 0.15) is 48.9 Å². The second-order valence-electron chi connectivity index (χ2n) is 4.73. The Kier molecular flexibility index (Phi) is 4.81. The molecule has 2 rings (SSSR count). The van der Waals surface area contributed by atoms with Crippen LogP contribution in [0.15, 0.2) is 18.2 Å². The number of fused-ring (bicyclic) bond motifs is 1. The molecule has 1 unspecified atom stereocenters. The third kappa shape index (κ3) is 3.13. The Bertz CT molecular complexity index is 433. The molecule has 0 aromatic heterocycles. The van der Waals surface area contributed by atoms with Gasteiger partial charge in [0.2, 0.25) is 0 Å². The zero-order valence-electron chi connectivity index (χ0n) is 11.0. The molecule has 1 aliphatic heterocycles. The average molecular weight is 243 g/mol. The van der Waals surface area contributed by atoms with Gasteiger partial charge in [-0.3, -0.25) is 0 Å². The summed E-state index contributed by atoms with van der Waals surface area (Å²) in [6, 6.07) is 7.11. The maximum absolute atomic E-state index is 5.46. The third-order valence-electron chi connectivity index (χ3n) is 3.41. The highest BCUT2D eigenvalue weighted by molar-refractivity contribution is 5.34.